The lowest BCUT2D eigenvalue weighted by molar-refractivity contribution is 0.0900. The topological polar surface area (TPSA) is 45.0 Å². The fourth-order valence-electron chi connectivity index (χ4n) is 2.38. The molecule has 0 amide bonds. The minimum absolute atomic E-state index is 0.375. The molecule has 0 radical (unpaired) electrons. The van der Waals surface area contributed by atoms with Gasteiger partial charge in [-0.25, -0.2) is 0 Å². The van der Waals surface area contributed by atoms with E-state index in [1.54, 1.807) is 0 Å². The lowest BCUT2D eigenvalue weighted by Gasteiger charge is -2.18. The first kappa shape index (κ1) is 13.4. The summed E-state index contributed by atoms with van der Waals surface area (Å²) in [6.07, 6.45) is 2.55. The van der Waals surface area contributed by atoms with E-state index in [1.165, 1.54) is 0 Å². The van der Waals surface area contributed by atoms with Gasteiger partial charge in [-0.05, 0) is 31.0 Å². The van der Waals surface area contributed by atoms with Gasteiger partial charge in [0.25, 0.3) is 0 Å². The second kappa shape index (κ2) is 6.21. The van der Waals surface area contributed by atoms with Crippen LogP contribution in [0.1, 0.15) is 25.3 Å². The van der Waals surface area contributed by atoms with Gasteiger partial charge in [0.05, 0.1) is 17.7 Å². The summed E-state index contributed by atoms with van der Waals surface area (Å²) in [5.74, 6) is 0.569. The molecule has 0 saturated carbocycles. The largest absolute Gasteiger partial charge is 0.385 e. The minimum Gasteiger partial charge on any atom is -0.385 e. The highest BCUT2D eigenvalue weighted by Gasteiger charge is 2.26. The normalized spacial score (nSPS) is 22.7. The molecule has 3 nitrogen and oxygen atoms in total. The van der Waals surface area contributed by atoms with Crippen LogP contribution in [0, 0.1) is 17.2 Å². The monoisotopic (exact) mass is 308 g/mol. The molecule has 1 saturated heterocycles. The molecule has 2 rings (SSSR count). The summed E-state index contributed by atoms with van der Waals surface area (Å²) in [4.78, 5) is 0. The number of hydrogen-bond acceptors (Lipinski definition) is 3. The van der Waals surface area contributed by atoms with E-state index in [0.717, 1.165) is 36.2 Å². The van der Waals surface area contributed by atoms with E-state index in [1.807, 2.05) is 18.2 Å². The van der Waals surface area contributed by atoms with Gasteiger partial charge in [-0.15, -0.1) is 0 Å². The molecule has 0 spiro atoms. The molecule has 1 aliphatic heterocycles. The highest BCUT2D eigenvalue weighted by atomic mass is 79.9. The fraction of sp³-hybridized carbons (Fsp3) is 0.500. The fourth-order valence-corrected chi connectivity index (χ4v) is 2.88. The lowest BCUT2D eigenvalue weighted by Crippen LogP contribution is -2.22. The predicted molar refractivity (Wildman–Crippen MR) is 75.5 cm³/mol. The van der Waals surface area contributed by atoms with Crippen molar-refractivity contribution in [2.75, 3.05) is 18.5 Å². The molecule has 1 fully saturated rings. The number of hydrogen-bond donors (Lipinski definition) is 1. The first-order valence-electron chi connectivity index (χ1n) is 6.29. The third-order valence-electron chi connectivity index (χ3n) is 3.34. The van der Waals surface area contributed by atoms with Crippen LogP contribution in [-0.4, -0.2) is 19.3 Å². The molecule has 0 aromatic heterocycles. The van der Waals surface area contributed by atoms with Crippen molar-refractivity contribution < 1.29 is 4.74 Å². The Bertz CT molecular complexity index is 456. The van der Waals surface area contributed by atoms with Gasteiger partial charge in [-0.1, -0.05) is 22.9 Å². The Morgan fingerprint density at radius 2 is 2.33 bits per heavy atom. The van der Waals surface area contributed by atoms with Crippen molar-refractivity contribution in [1.29, 1.82) is 5.26 Å². The van der Waals surface area contributed by atoms with Crippen LogP contribution in [0.3, 0.4) is 0 Å². The van der Waals surface area contributed by atoms with Crippen LogP contribution >= 0.6 is 15.9 Å². The van der Waals surface area contributed by atoms with Crippen molar-refractivity contribution in [3.05, 3.63) is 28.2 Å². The third-order valence-corrected chi connectivity index (χ3v) is 3.80. The van der Waals surface area contributed by atoms with E-state index in [2.05, 4.69) is 34.2 Å². The summed E-state index contributed by atoms with van der Waals surface area (Å²) < 4.78 is 6.60. The highest BCUT2D eigenvalue weighted by Crippen LogP contribution is 2.25. The molecule has 1 heterocycles. The Kier molecular flexibility index (Phi) is 4.62. The van der Waals surface area contributed by atoms with Crippen molar-refractivity contribution >= 4 is 21.6 Å². The number of halogens is 1. The summed E-state index contributed by atoms with van der Waals surface area (Å²) in [5, 5.41) is 12.3. The standard InChI is InChI=1S/C14H17BrN2O/c1-2-14-11(3-4-18-14)9-17-13-6-10(8-16)5-12(15)7-13/h5-7,11,14,17H,2-4,9H2,1H3. The second-order valence-corrected chi connectivity index (χ2v) is 5.50. The van der Waals surface area contributed by atoms with Crippen LogP contribution in [-0.2, 0) is 4.74 Å². The Hall–Kier alpha value is -1.05. The first-order chi connectivity index (χ1) is 8.72. The van der Waals surface area contributed by atoms with Crippen molar-refractivity contribution in [3.8, 4) is 6.07 Å². The van der Waals surface area contributed by atoms with Gasteiger partial charge in [0, 0.05) is 29.2 Å². The third kappa shape index (κ3) is 3.24. The van der Waals surface area contributed by atoms with Crippen LogP contribution < -0.4 is 5.32 Å². The Morgan fingerprint density at radius 3 is 3.06 bits per heavy atom. The van der Waals surface area contributed by atoms with Crippen molar-refractivity contribution in [2.24, 2.45) is 5.92 Å². The molecule has 0 bridgehead atoms. The van der Waals surface area contributed by atoms with Gasteiger partial charge in [0.15, 0.2) is 0 Å². The second-order valence-electron chi connectivity index (χ2n) is 4.59. The molecule has 96 valence electrons. The van der Waals surface area contributed by atoms with Crippen LogP contribution in [0.5, 0.6) is 0 Å². The maximum absolute atomic E-state index is 8.93. The molecule has 2 atom stereocenters. The van der Waals surface area contributed by atoms with Gasteiger partial charge in [0.2, 0.25) is 0 Å². The van der Waals surface area contributed by atoms with Gasteiger partial charge in [-0.2, -0.15) is 5.26 Å². The molecule has 1 aromatic carbocycles. The van der Waals surface area contributed by atoms with Crippen molar-refractivity contribution in [3.63, 3.8) is 0 Å². The number of benzene rings is 1. The number of nitrogens with one attached hydrogen (secondary N) is 1. The van der Waals surface area contributed by atoms with Crippen LogP contribution in [0.25, 0.3) is 0 Å². The van der Waals surface area contributed by atoms with E-state index in [0.29, 0.717) is 17.6 Å². The average Bonchev–Trinajstić information content (AvgIpc) is 2.83. The van der Waals surface area contributed by atoms with E-state index in [-0.39, 0.29) is 0 Å². The molecule has 4 heteroatoms. The lowest BCUT2D eigenvalue weighted by atomic mass is 9.99. The zero-order valence-electron chi connectivity index (χ0n) is 10.4. The van der Waals surface area contributed by atoms with E-state index in [4.69, 9.17) is 10.00 Å². The molecule has 1 aliphatic rings. The maximum Gasteiger partial charge on any atom is 0.0992 e. The smallest absolute Gasteiger partial charge is 0.0992 e. The zero-order chi connectivity index (χ0) is 13.0. The Balaban J connectivity index is 1.98. The van der Waals surface area contributed by atoms with Gasteiger partial charge >= 0.3 is 0 Å². The quantitative estimate of drug-likeness (QED) is 0.925. The molecule has 1 aromatic rings. The van der Waals surface area contributed by atoms with E-state index in [9.17, 15) is 0 Å². The number of ether oxygens (including phenoxy) is 1. The SMILES string of the molecule is CCC1OCCC1CNc1cc(Br)cc(C#N)c1. The molecule has 18 heavy (non-hydrogen) atoms. The Labute approximate surface area is 116 Å². The summed E-state index contributed by atoms with van der Waals surface area (Å²) in [6.45, 7) is 3.93. The number of nitriles is 1. The van der Waals surface area contributed by atoms with Gasteiger partial charge < -0.3 is 10.1 Å². The predicted octanol–water partition coefficient (Wildman–Crippen LogP) is 3.55. The van der Waals surface area contributed by atoms with Crippen molar-refractivity contribution in [1.82, 2.24) is 0 Å². The van der Waals surface area contributed by atoms with Crippen LogP contribution in [0.4, 0.5) is 5.69 Å². The van der Waals surface area contributed by atoms with E-state index >= 15 is 0 Å². The molecular formula is C14H17BrN2O. The maximum atomic E-state index is 8.93. The summed E-state index contributed by atoms with van der Waals surface area (Å²) >= 11 is 3.42. The molecule has 1 N–H and O–H groups in total. The molecule has 0 aliphatic carbocycles. The average molecular weight is 309 g/mol. The number of nitrogens with zero attached hydrogens (tertiary/aromatic N) is 1. The summed E-state index contributed by atoms with van der Waals surface area (Å²) in [7, 11) is 0. The first-order valence-corrected chi connectivity index (χ1v) is 7.08. The number of anilines is 1. The summed E-state index contributed by atoms with van der Waals surface area (Å²) in [6, 6.07) is 7.85. The summed E-state index contributed by atoms with van der Waals surface area (Å²) in [5.41, 5.74) is 1.66. The van der Waals surface area contributed by atoms with Gasteiger partial charge in [-0.3, -0.25) is 0 Å². The number of rotatable bonds is 4. The molecule has 2 unspecified atom stereocenters. The van der Waals surface area contributed by atoms with Crippen LogP contribution in [0.2, 0.25) is 0 Å². The Morgan fingerprint density at radius 1 is 1.50 bits per heavy atom. The van der Waals surface area contributed by atoms with Crippen molar-refractivity contribution in [2.45, 2.75) is 25.9 Å². The highest BCUT2D eigenvalue weighted by molar-refractivity contribution is 9.10. The molecular weight excluding hydrogens is 292 g/mol. The zero-order valence-corrected chi connectivity index (χ0v) is 12.0. The minimum atomic E-state index is 0.375. The van der Waals surface area contributed by atoms with E-state index < -0.39 is 0 Å². The van der Waals surface area contributed by atoms with Crippen LogP contribution in [0.15, 0.2) is 22.7 Å². The van der Waals surface area contributed by atoms with Gasteiger partial charge in [0.1, 0.15) is 0 Å².